The molecule has 0 spiro atoms. The Morgan fingerprint density at radius 2 is 2.00 bits per heavy atom. The van der Waals surface area contributed by atoms with E-state index in [1.807, 2.05) is 47.2 Å². The van der Waals surface area contributed by atoms with Crippen molar-refractivity contribution in [3.8, 4) is 11.4 Å². The summed E-state index contributed by atoms with van der Waals surface area (Å²) in [6.45, 7) is 3.11. The molecule has 0 aliphatic carbocycles. The number of nitrogens with zero attached hydrogens (tertiary/aromatic N) is 3. The minimum atomic E-state index is -0.345. The van der Waals surface area contributed by atoms with Crippen LogP contribution < -0.4 is 5.32 Å². The molecule has 1 atom stereocenters. The smallest absolute Gasteiger partial charge is 0.231 e. The van der Waals surface area contributed by atoms with Crippen LogP contribution in [-0.2, 0) is 16.1 Å². The average molecular weight is 497 g/mol. The predicted octanol–water partition coefficient (Wildman–Crippen LogP) is 5.10. The first-order chi connectivity index (χ1) is 16.5. The van der Waals surface area contributed by atoms with Gasteiger partial charge in [0.1, 0.15) is 5.82 Å². The first-order valence-corrected chi connectivity index (χ1v) is 12.6. The monoisotopic (exact) mass is 496 g/mol. The van der Waals surface area contributed by atoms with E-state index in [1.165, 1.54) is 23.9 Å². The lowest BCUT2D eigenvalue weighted by Gasteiger charge is -2.18. The number of carbonyl (C=O) groups excluding carboxylic acids is 1. The Morgan fingerprint density at radius 3 is 2.71 bits per heavy atom. The number of aromatic nitrogens is 3. The molecule has 2 aromatic carbocycles. The highest BCUT2D eigenvalue weighted by atomic mass is 32.2. The minimum absolute atomic E-state index is 0.147. The fourth-order valence-electron chi connectivity index (χ4n) is 3.54. The van der Waals surface area contributed by atoms with Gasteiger partial charge in [0, 0.05) is 17.6 Å². The molecule has 0 aliphatic heterocycles. The molecule has 0 radical (unpaired) electrons. The van der Waals surface area contributed by atoms with Crippen molar-refractivity contribution >= 4 is 29.0 Å². The number of hydrogen-bond acceptors (Lipinski definition) is 6. The van der Waals surface area contributed by atoms with Crippen molar-refractivity contribution < 1.29 is 13.9 Å². The van der Waals surface area contributed by atoms with E-state index < -0.39 is 0 Å². The number of benzene rings is 2. The van der Waals surface area contributed by atoms with Crippen molar-refractivity contribution in [3.05, 3.63) is 87.9 Å². The number of rotatable bonds is 10. The molecule has 0 saturated heterocycles. The van der Waals surface area contributed by atoms with Gasteiger partial charge < -0.3 is 10.1 Å². The molecule has 1 amide bonds. The van der Waals surface area contributed by atoms with Gasteiger partial charge in [-0.25, -0.2) is 4.39 Å². The summed E-state index contributed by atoms with van der Waals surface area (Å²) in [5.41, 5.74) is 2.92. The van der Waals surface area contributed by atoms with Gasteiger partial charge in [-0.05, 0) is 42.1 Å². The number of thiophene rings is 1. The van der Waals surface area contributed by atoms with Gasteiger partial charge in [0.25, 0.3) is 0 Å². The average Bonchev–Trinajstić information content (AvgIpc) is 3.51. The standard InChI is InChI=1S/C25H25FN4O2S2/c1-17-5-3-6-19(15-17)24-28-29-25(30(24)12-13-32-2)34-16-22(31)27-23(21-7-4-14-33-21)18-8-10-20(26)11-9-18/h3-11,14-15,23H,12-13,16H2,1-2H3,(H,27,31)/t23-/m1/s1. The van der Waals surface area contributed by atoms with Gasteiger partial charge in [0.05, 0.1) is 24.9 Å². The molecule has 1 N–H and O–H groups in total. The van der Waals surface area contributed by atoms with Crippen molar-refractivity contribution in [2.45, 2.75) is 24.7 Å². The summed E-state index contributed by atoms with van der Waals surface area (Å²) in [6.07, 6.45) is 0. The third-order valence-electron chi connectivity index (χ3n) is 5.18. The van der Waals surface area contributed by atoms with Crippen LogP contribution in [-0.4, -0.2) is 40.1 Å². The highest BCUT2D eigenvalue weighted by Gasteiger charge is 2.20. The van der Waals surface area contributed by atoms with E-state index >= 15 is 0 Å². The Kier molecular flexibility index (Phi) is 8.10. The van der Waals surface area contributed by atoms with E-state index in [4.69, 9.17) is 4.74 Å². The molecule has 0 fully saturated rings. The Morgan fingerprint density at radius 1 is 1.18 bits per heavy atom. The molecule has 4 rings (SSSR count). The highest BCUT2D eigenvalue weighted by Crippen LogP contribution is 2.28. The van der Waals surface area contributed by atoms with Crippen molar-refractivity contribution in [2.24, 2.45) is 0 Å². The number of hydrogen-bond donors (Lipinski definition) is 1. The van der Waals surface area contributed by atoms with Gasteiger partial charge in [-0.3, -0.25) is 9.36 Å². The molecule has 9 heteroatoms. The van der Waals surface area contributed by atoms with Crippen LogP contribution in [0.2, 0.25) is 0 Å². The molecular formula is C25H25FN4O2S2. The third-order valence-corrected chi connectivity index (χ3v) is 7.08. The van der Waals surface area contributed by atoms with Gasteiger partial charge >= 0.3 is 0 Å². The van der Waals surface area contributed by atoms with Crippen LogP contribution in [0.15, 0.2) is 71.2 Å². The lowest BCUT2D eigenvalue weighted by molar-refractivity contribution is -0.119. The summed E-state index contributed by atoms with van der Waals surface area (Å²) in [4.78, 5) is 13.9. The number of methoxy groups -OCH3 is 1. The summed E-state index contributed by atoms with van der Waals surface area (Å²) in [6, 6.07) is 17.8. The van der Waals surface area contributed by atoms with Gasteiger partial charge in [0.15, 0.2) is 11.0 Å². The number of halogens is 1. The maximum atomic E-state index is 13.4. The SMILES string of the molecule is COCCn1c(SCC(=O)N[C@H](c2ccc(F)cc2)c2cccs2)nnc1-c1cccc(C)c1. The van der Waals surface area contributed by atoms with Crippen LogP contribution in [0.3, 0.4) is 0 Å². The van der Waals surface area contributed by atoms with Crippen LogP contribution in [0.1, 0.15) is 22.0 Å². The predicted molar refractivity (Wildman–Crippen MR) is 133 cm³/mol. The van der Waals surface area contributed by atoms with Crippen LogP contribution in [0.4, 0.5) is 4.39 Å². The molecule has 6 nitrogen and oxygen atoms in total. The highest BCUT2D eigenvalue weighted by molar-refractivity contribution is 7.99. The summed E-state index contributed by atoms with van der Waals surface area (Å²) in [5.74, 6) is 0.454. The largest absolute Gasteiger partial charge is 0.383 e. The van der Waals surface area contributed by atoms with Crippen LogP contribution in [0, 0.1) is 12.7 Å². The molecule has 0 bridgehead atoms. The second-order valence-corrected chi connectivity index (χ2v) is 9.60. The number of carbonyl (C=O) groups is 1. The summed E-state index contributed by atoms with van der Waals surface area (Å²) >= 11 is 2.87. The van der Waals surface area contributed by atoms with E-state index in [-0.39, 0.29) is 23.5 Å². The lowest BCUT2D eigenvalue weighted by Crippen LogP contribution is -2.30. The fourth-order valence-corrected chi connectivity index (χ4v) is 5.12. The number of nitrogens with one attached hydrogen (secondary N) is 1. The Bertz CT molecular complexity index is 1230. The first-order valence-electron chi connectivity index (χ1n) is 10.8. The molecular weight excluding hydrogens is 471 g/mol. The zero-order valence-corrected chi connectivity index (χ0v) is 20.5. The quantitative estimate of drug-likeness (QED) is 0.310. The topological polar surface area (TPSA) is 69.0 Å². The zero-order chi connectivity index (χ0) is 23.9. The molecule has 176 valence electrons. The fraction of sp³-hybridized carbons (Fsp3) is 0.240. The Hall–Kier alpha value is -3.01. The van der Waals surface area contributed by atoms with Gasteiger partial charge in [-0.2, -0.15) is 0 Å². The van der Waals surface area contributed by atoms with E-state index in [2.05, 4.69) is 21.6 Å². The van der Waals surface area contributed by atoms with E-state index in [0.29, 0.717) is 18.3 Å². The van der Waals surface area contributed by atoms with Gasteiger partial charge in [-0.15, -0.1) is 21.5 Å². The molecule has 0 aliphatic rings. The lowest BCUT2D eigenvalue weighted by atomic mass is 10.1. The van der Waals surface area contributed by atoms with Crippen LogP contribution in [0.25, 0.3) is 11.4 Å². The second-order valence-electron chi connectivity index (χ2n) is 7.68. The molecule has 0 unspecified atom stereocenters. The first kappa shape index (κ1) is 24.1. The summed E-state index contributed by atoms with van der Waals surface area (Å²) < 4.78 is 20.7. The van der Waals surface area contributed by atoms with Crippen LogP contribution >= 0.6 is 23.1 Å². The Balaban J connectivity index is 1.50. The molecule has 34 heavy (non-hydrogen) atoms. The maximum absolute atomic E-state index is 13.4. The van der Waals surface area contributed by atoms with Crippen molar-refractivity contribution in [2.75, 3.05) is 19.5 Å². The second kappa shape index (κ2) is 11.4. The summed E-state index contributed by atoms with van der Waals surface area (Å²) in [7, 11) is 1.65. The molecule has 0 saturated carbocycles. The van der Waals surface area contributed by atoms with E-state index in [0.717, 1.165) is 27.4 Å². The zero-order valence-electron chi connectivity index (χ0n) is 18.9. The van der Waals surface area contributed by atoms with Crippen molar-refractivity contribution in [1.29, 1.82) is 0 Å². The maximum Gasteiger partial charge on any atom is 0.231 e. The molecule has 2 heterocycles. The summed E-state index contributed by atoms with van der Waals surface area (Å²) in [5, 5.41) is 14.4. The number of amides is 1. The van der Waals surface area contributed by atoms with Crippen molar-refractivity contribution in [3.63, 3.8) is 0 Å². The third kappa shape index (κ3) is 5.91. The molecule has 4 aromatic rings. The number of thioether (sulfide) groups is 1. The van der Waals surface area contributed by atoms with Gasteiger partial charge in [0.2, 0.25) is 5.91 Å². The van der Waals surface area contributed by atoms with E-state index in [9.17, 15) is 9.18 Å². The number of aryl methyl sites for hydroxylation is 1. The van der Waals surface area contributed by atoms with Gasteiger partial charge in [-0.1, -0.05) is 53.7 Å². The molecule has 2 aromatic heterocycles. The normalized spacial score (nSPS) is 12.0. The van der Waals surface area contributed by atoms with Crippen LogP contribution in [0.5, 0.6) is 0 Å². The van der Waals surface area contributed by atoms with E-state index in [1.54, 1.807) is 30.6 Å². The Labute approximate surface area is 206 Å². The van der Waals surface area contributed by atoms with Crippen molar-refractivity contribution in [1.82, 2.24) is 20.1 Å². The number of ether oxygens (including phenoxy) is 1. The minimum Gasteiger partial charge on any atom is -0.383 e.